The molecule has 0 N–H and O–H groups in total. The third-order valence-electron chi connectivity index (χ3n) is 2.26. The molecule has 0 bridgehead atoms. The number of benzene rings is 2. The smallest absolute Gasteiger partial charge is 0.0729 e. The van der Waals surface area contributed by atoms with Gasteiger partial charge in [-0.15, -0.1) is 0 Å². The van der Waals surface area contributed by atoms with E-state index in [0.717, 1.165) is 11.3 Å². The van der Waals surface area contributed by atoms with E-state index in [0.29, 0.717) is 0 Å². The Balaban J connectivity index is 2.15. The highest BCUT2D eigenvalue weighted by atomic mass is 14.7. The summed E-state index contributed by atoms with van der Waals surface area (Å²) in [4.78, 5) is 4.24. The summed E-state index contributed by atoms with van der Waals surface area (Å²) in [6.07, 6.45) is 1.87. The van der Waals surface area contributed by atoms with Crippen LogP contribution in [0, 0.1) is 6.92 Å². The minimum atomic E-state index is 0.929. The first-order chi connectivity index (χ1) is 7.84. The van der Waals surface area contributed by atoms with Gasteiger partial charge in [0.1, 0.15) is 0 Å². The largest absolute Gasteiger partial charge is 0.206 e. The van der Waals surface area contributed by atoms with Crippen LogP contribution in [0.1, 0.15) is 11.1 Å². The summed E-state index contributed by atoms with van der Waals surface area (Å²) in [6.45, 7) is 2.06. The molecule has 0 saturated heterocycles. The maximum atomic E-state index is 4.24. The zero-order chi connectivity index (χ0) is 11.2. The molecule has 0 amide bonds. The topological polar surface area (TPSA) is 12.4 Å². The summed E-state index contributed by atoms with van der Waals surface area (Å²) in [5.41, 5.74) is 3.28. The zero-order valence-corrected chi connectivity index (χ0v) is 9.22. The molecule has 0 radical (unpaired) electrons. The maximum absolute atomic E-state index is 4.24. The fourth-order valence-corrected chi connectivity index (χ4v) is 1.35. The summed E-state index contributed by atoms with van der Waals surface area (Å²) >= 11 is 0. The molecule has 0 heterocycles. The molecule has 0 saturated carbocycles. The second kappa shape index (κ2) is 5.11. The highest BCUT2D eigenvalue weighted by Gasteiger charge is 1.85. The van der Waals surface area contributed by atoms with Crippen molar-refractivity contribution >= 4 is 17.6 Å². The van der Waals surface area contributed by atoms with Gasteiger partial charge in [0.25, 0.3) is 0 Å². The van der Waals surface area contributed by atoms with E-state index in [4.69, 9.17) is 0 Å². The van der Waals surface area contributed by atoms with Crippen LogP contribution in [-0.2, 0) is 0 Å². The normalized spacial score (nSPS) is 9.31. The van der Waals surface area contributed by atoms with E-state index in [-0.39, 0.29) is 0 Å². The van der Waals surface area contributed by atoms with Gasteiger partial charge in [0, 0.05) is 6.08 Å². The Morgan fingerprint density at radius 1 is 0.938 bits per heavy atom. The number of aliphatic imine (C=N–C) groups is 1. The van der Waals surface area contributed by atoms with Gasteiger partial charge in [-0.1, -0.05) is 48.0 Å². The van der Waals surface area contributed by atoms with Gasteiger partial charge in [0.05, 0.1) is 5.69 Å². The Kier molecular flexibility index (Phi) is 3.32. The minimum absolute atomic E-state index is 0.929. The molecule has 0 fully saturated rings. The molecule has 1 nitrogen and oxygen atoms in total. The van der Waals surface area contributed by atoms with E-state index < -0.39 is 0 Å². The Morgan fingerprint density at radius 2 is 1.62 bits per heavy atom. The average molecular weight is 207 g/mol. The molecule has 2 aromatic rings. The van der Waals surface area contributed by atoms with Crippen molar-refractivity contribution in [3.63, 3.8) is 0 Å². The number of hydrogen-bond acceptors (Lipinski definition) is 1. The summed E-state index contributed by atoms with van der Waals surface area (Å²) < 4.78 is 0. The van der Waals surface area contributed by atoms with Crippen LogP contribution in [0.5, 0.6) is 0 Å². The maximum Gasteiger partial charge on any atom is 0.0729 e. The standard InChI is InChI=1S/C15H13N/c1-13-7-9-15(10-8-13)16-12-11-14-5-3-2-4-6-14/h2-11H,1H3. The predicted molar refractivity (Wildman–Crippen MR) is 69.2 cm³/mol. The number of aryl methyl sites for hydroxylation is 1. The zero-order valence-electron chi connectivity index (χ0n) is 9.22. The lowest BCUT2D eigenvalue weighted by atomic mass is 10.2. The fraction of sp³-hybridized carbons (Fsp3) is 0.0667. The van der Waals surface area contributed by atoms with Crippen LogP contribution in [0.3, 0.4) is 0 Å². The average Bonchev–Trinajstić information content (AvgIpc) is 2.33. The predicted octanol–water partition coefficient (Wildman–Crippen LogP) is 4.01. The van der Waals surface area contributed by atoms with Gasteiger partial charge in [-0.05, 0) is 30.5 Å². The van der Waals surface area contributed by atoms with Gasteiger partial charge < -0.3 is 0 Å². The molecule has 0 aliphatic carbocycles. The number of hydrogen-bond donors (Lipinski definition) is 0. The Morgan fingerprint density at radius 3 is 2.31 bits per heavy atom. The van der Waals surface area contributed by atoms with Crippen LogP contribution in [-0.4, -0.2) is 5.87 Å². The molecule has 2 rings (SSSR count). The van der Waals surface area contributed by atoms with E-state index in [1.807, 2.05) is 60.7 Å². The van der Waals surface area contributed by atoms with Crippen molar-refractivity contribution in [2.45, 2.75) is 6.92 Å². The molecule has 16 heavy (non-hydrogen) atoms. The van der Waals surface area contributed by atoms with E-state index in [1.54, 1.807) is 0 Å². The molecular formula is C15H13N. The van der Waals surface area contributed by atoms with Crippen molar-refractivity contribution < 1.29 is 0 Å². The van der Waals surface area contributed by atoms with Crippen molar-refractivity contribution in [1.29, 1.82) is 0 Å². The second-order valence-corrected chi connectivity index (χ2v) is 3.63. The molecule has 2 aromatic carbocycles. The molecule has 0 atom stereocenters. The van der Waals surface area contributed by atoms with Crippen LogP contribution in [0.15, 0.2) is 59.6 Å². The van der Waals surface area contributed by atoms with E-state index >= 15 is 0 Å². The van der Waals surface area contributed by atoms with Gasteiger partial charge >= 0.3 is 0 Å². The van der Waals surface area contributed by atoms with Gasteiger partial charge in [0.2, 0.25) is 0 Å². The third-order valence-corrected chi connectivity index (χ3v) is 2.26. The molecule has 0 unspecified atom stereocenters. The third kappa shape index (κ3) is 2.94. The summed E-state index contributed by atoms with van der Waals surface area (Å²) in [5, 5.41) is 0. The Hall–Kier alpha value is -2.11. The SMILES string of the molecule is Cc1ccc(N=C=Cc2ccccc2)cc1. The van der Waals surface area contributed by atoms with E-state index in [1.165, 1.54) is 5.56 Å². The van der Waals surface area contributed by atoms with Crippen molar-refractivity contribution in [2.24, 2.45) is 4.99 Å². The molecule has 1 heteroatoms. The lowest BCUT2D eigenvalue weighted by Gasteiger charge is -1.91. The lowest BCUT2D eigenvalue weighted by Crippen LogP contribution is -1.70. The fourth-order valence-electron chi connectivity index (χ4n) is 1.35. The first-order valence-corrected chi connectivity index (χ1v) is 5.26. The van der Waals surface area contributed by atoms with Crippen LogP contribution >= 0.6 is 0 Å². The van der Waals surface area contributed by atoms with Crippen molar-refractivity contribution in [1.82, 2.24) is 0 Å². The highest BCUT2D eigenvalue weighted by Crippen LogP contribution is 2.11. The van der Waals surface area contributed by atoms with E-state index in [9.17, 15) is 0 Å². The quantitative estimate of drug-likeness (QED) is 0.660. The summed E-state index contributed by atoms with van der Waals surface area (Å²) in [7, 11) is 0. The van der Waals surface area contributed by atoms with Gasteiger partial charge in [0.15, 0.2) is 0 Å². The van der Waals surface area contributed by atoms with Crippen LogP contribution in [0.2, 0.25) is 0 Å². The number of rotatable bonds is 2. The van der Waals surface area contributed by atoms with Crippen molar-refractivity contribution in [2.75, 3.05) is 0 Å². The van der Waals surface area contributed by atoms with Crippen LogP contribution in [0.25, 0.3) is 6.08 Å². The first-order valence-electron chi connectivity index (χ1n) is 5.26. The van der Waals surface area contributed by atoms with Gasteiger partial charge in [-0.2, -0.15) is 0 Å². The number of nitrogens with zero attached hydrogens (tertiary/aromatic N) is 1. The van der Waals surface area contributed by atoms with E-state index in [2.05, 4.69) is 17.8 Å². The van der Waals surface area contributed by atoms with Crippen LogP contribution < -0.4 is 0 Å². The van der Waals surface area contributed by atoms with Gasteiger partial charge in [-0.25, -0.2) is 4.99 Å². The van der Waals surface area contributed by atoms with Crippen molar-refractivity contribution in [3.05, 3.63) is 65.7 Å². The summed E-state index contributed by atoms with van der Waals surface area (Å²) in [6, 6.07) is 18.1. The molecule has 0 aliphatic heterocycles. The second-order valence-electron chi connectivity index (χ2n) is 3.63. The lowest BCUT2D eigenvalue weighted by molar-refractivity contribution is 1.44. The molecule has 0 aliphatic rings. The molecule has 0 aromatic heterocycles. The Labute approximate surface area is 95.8 Å². The molecular weight excluding hydrogens is 194 g/mol. The molecule has 0 spiro atoms. The first kappa shape index (κ1) is 10.4. The summed E-state index contributed by atoms with van der Waals surface area (Å²) in [5.74, 6) is 2.94. The Bertz CT molecular complexity index is 503. The minimum Gasteiger partial charge on any atom is -0.206 e. The monoisotopic (exact) mass is 207 g/mol. The highest BCUT2D eigenvalue weighted by molar-refractivity contribution is 5.79. The van der Waals surface area contributed by atoms with Crippen molar-refractivity contribution in [3.8, 4) is 0 Å². The van der Waals surface area contributed by atoms with Crippen LogP contribution in [0.4, 0.5) is 5.69 Å². The molecule has 78 valence electrons. The van der Waals surface area contributed by atoms with Gasteiger partial charge in [-0.3, -0.25) is 0 Å².